The molecule has 0 saturated heterocycles. The van der Waals surface area contributed by atoms with Crippen LogP contribution in [-0.2, 0) is 11.3 Å². The molecular formula is C9H11NO3. The van der Waals surface area contributed by atoms with E-state index in [1.807, 2.05) is 5.48 Å². The minimum Gasteiger partial charge on any atom is -0.465 e. The number of methoxy groups -OCH3 is 1. The number of benzene rings is 1. The predicted molar refractivity (Wildman–Crippen MR) is 46.4 cm³/mol. The third-order valence-corrected chi connectivity index (χ3v) is 1.63. The number of ether oxygens (including phenoxy) is 1. The second kappa shape index (κ2) is 4.59. The second-order valence-electron chi connectivity index (χ2n) is 2.53. The number of rotatable bonds is 3. The summed E-state index contributed by atoms with van der Waals surface area (Å²) in [7, 11) is 1.33. The van der Waals surface area contributed by atoms with Crippen molar-refractivity contribution in [3.8, 4) is 0 Å². The van der Waals surface area contributed by atoms with E-state index in [0.29, 0.717) is 12.1 Å². The predicted octanol–water partition coefficient (Wildman–Crippen LogP) is 0.952. The highest BCUT2D eigenvalue weighted by atomic mass is 16.5. The minimum atomic E-state index is -0.375. The summed E-state index contributed by atoms with van der Waals surface area (Å²) >= 11 is 0. The number of nitrogens with one attached hydrogen (secondary N) is 1. The van der Waals surface area contributed by atoms with E-state index in [0.717, 1.165) is 5.56 Å². The third kappa shape index (κ3) is 2.54. The van der Waals surface area contributed by atoms with Gasteiger partial charge in [-0.1, -0.05) is 12.1 Å². The van der Waals surface area contributed by atoms with Crippen molar-refractivity contribution in [2.24, 2.45) is 0 Å². The number of carbonyl (C=O) groups is 1. The molecular weight excluding hydrogens is 170 g/mol. The lowest BCUT2D eigenvalue weighted by Crippen LogP contribution is -2.07. The van der Waals surface area contributed by atoms with Crippen LogP contribution < -0.4 is 5.48 Å². The summed E-state index contributed by atoms with van der Waals surface area (Å²) in [4.78, 5) is 11.1. The largest absolute Gasteiger partial charge is 0.465 e. The van der Waals surface area contributed by atoms with Crippen molar-refractivity contribution in [3.63, 3.8) is 0 Å². The number of hydrogen-bond acceptors (Lipinski definition) is 4. The smallest absolute Gasteiger partial charge is 0.337 e. The van der Waals surface area contributed by atoms with Crippen molar-refractivity contribution in [1.29, 1.82) is 0 Å². The van der Waals surface area contributed by atoms with Gasteiger partial charge in [0.05, 0.1) is 12.7 Å². The van der Waals surface area contributed by atoms with Gasteiger partial charge in [-0.2, -0.15) is 0 Å². The first-order valence-corrected chi connectivity index (χ1v) is 3.82. The first-order chi connectivity index (χ1) is 6.27. The van der Waals surface area contributed by atoms with Crippen LogP contribution in [-0.4, -0.2) is 18.3 Å². The van der Waals surface area contributed by atoms with E-state index in [-0.39, 0.29) is 5.97 Å². The van der Waals surface area contributed by atoms with E-state index >= 15 is 0 Å². The van der Waals surface area contributed by atoms with Crippen LogP contribution in [0.2, 0.25) is 0 Å². The van der Waals surface area contributed by atoms with Gasteiger partial charge < -0.3 is 9.94 Å². The summed E-state index contributed by atoms with van der Waals surface area (Å²) in [5.74, 6) is -0.375. The fraction of sp³-hybridized carbons (Fsp3) is 0.222. The summed E-state index contributed by atoms with van der Waals surface area (Å²) in [5.41, 5.74) is 3.32. The van der Waals surface area contributed by atoms with Gasteiger partial charge >= 0.3 is 5.97 Å². The molecule has 1 rings (SSSR count). The molecule has 2 N–H and O–H groups in total. The zero-order valence-electron chi connectivity index (χ0n) is 7.28. The summed E-state index contributed by atoms with van der Waals surface area (Å²) in [6, 6.07) is 6.86. The zero-order valence-corrected chi connectivity index (χ0v) is 7.28. The molecule has 1 aromatic rings. The Labute approximate surface area is 76.1 Å². The molecule has 0 radical (unpaired) electrons. The molecule has 70 valence electrons. The van der Waals surface area contributed by atoms with Gasteiger partial charge in [-0.25, -0.2) is 10.3 Å². The van der Waals surface area contributed by atoms with Crippen molar-refractivity contribution in [2.45, 2.75) is 6.54 Å². The van der Waals surface area contributed by atoms with Crippen LogP contribution in [0.4, 0.5) is 0 Å². The van der Waals surface area contributed by atoms with E-state index < -0.39 is 0 Å². The van der Waals surface area contributed by atoms with E-state index in [2.05, 4.69) is 4.74 Å². The molecule has 4 heteroatoms. The van der Waals surface area contributed by atoms with Gasteiger partial charge in [-0.15, -0.1) is 0 Å². The molecule has 0 heterocycles. The Morgan fingerprint density at radius 3 is 3.00 bits per heavy atom. The maximum Gasteiger partial charge on any atom is 0.337 e. The van der Waals surface area contributed by atoms with Crippen LogP contribution in [0, 0.1) is 0 Å². The Kier molecular flexibility index (Phi) is 3.42. The zero-order chi connectivity index (χ0) is 9.68. The molecule has 0 atom stereocenters. The Morgan fingerprint density at radius 1 is 1.62 bits per heavy atom. The fourth-order valence-electron chi connectivity index (χ4n) is 1.02. The lowest BCUT2D eigenvalue weighted by Gasteiger charge is -2.02. The molecule has 4 nitrogen and oxygen atoms in total. The monoisotopic (exact) mass is 181 g/mol. The van der Waals surface area contributed by atoms with Gasteiger partial charge in [0.2, 0.25) is 0 Å². The Morgan fingerprint density at radius 2 is 2.38 bits per heavy atom. The first kappa shape index (κ1) is 9.70. The molecule has 1 aromatic carbocycles. The van der Waals surface area contributed by atoms with Crippen LogP contribution in [0.15, 0.2) is 24.3 Å². The van der Waals surface area contributed by atoms with Gasteiger partial charge in [-0.3, -0.25) is 0 Å². The molecule has 0 aliphatic rings. The third-order valence-electron chi connectivity index (χ3n) is 1.63. The van der Waals surface area contributed by atoms with Crippen molar-refractivity contribution >= 4 is 5.97 Å². The molecule has 0 bridgehead atoms. The molecule has 0 amide bonds. The van der Waals surface area contributed by atoms with E-state index in [9.17, 15) is 4.79 Å². The van der Waals surface area contributed by atoms with Crippen molar-refractivity contribution in [2.75, 3.05) is 7.11 Å². The Balaban J connectivity index is 2.85. The lowest BCUT2D eigenvalue weighted by molar-refractivity contribution is 0.0600. The van der Waals surface area contributed by atoms with Gasteiger partial charge in [0.25, 0.3) is 0 Å². The van der Waals surface area contributed by atoms with Gasteiger partial charge in [0, 0.05) is 6.54 Å². The van der Waals surface area contributed by atoms with Crippen LogP contribution in [0.3, 0.4) is 0 Å². The van der Waals surface area contributed by atoms with Crippen LogP contribution in [0.25, 0.3) is 0 Å². The summed E-state index contributed by atoms with van der Waals surface area (Å²) in [6.07, 6.45) is 0. The quantitative estimate of drug-likeness (QED) is 0.538. The molecule has 0 aromatic heterocycles. The molecule has 0 aliphatic heterocycles. The number of hydroxylamine groups is 1. The van der Waals surface area contributed by atoms with Crippen molar-refractivity contribution in [1.82, 2.24) is 5.48 Å². The van der Waals surface area contributed by atoms with Gasteiger partial charge in [-0.05, 0) is 17.7 Å². The SMILES string of the molecule is COC(=O)c1cccc(CNO)c1. The van der Waals surface area contributed by atoms with Gasteiger partial charge in [0.1, 0.15) is 0 Å². The van der Waals surface area contributed by atoms with E-state index in [4.69, 9.17) is 5.21 Å². The summed E-state index contributed by atoms with van der Waals surface area (Å²) in [6.45, 7) is 0.310. The maximum absolute atomic E-state index is 11.1. The highest BCUT2D eigenvalue weighted by Gasteiger charge is 2.04. The van der Waals surface area contributed by atoms with Crippen LogP contribution >= 0.6 is 0 Å². The summed E-state index contributed by atoms with van der Waals surface area (Å²) in [5, 5.41) is 8.44. The van der Waals surface area contributed by atoms with Crippen LogP contribution in [0.5, 0.6) is 0 Å². The maximum atomic E-state index is 11.1. The number of carbonyl (C=O) groups excluding carboxylic acids is 1. The Bertz CT molecular complexity index is 299. The summed E-state index contributed by atoms with van der Waals surface area (Å²) < 4.78 is 4.55. The molecule has 13 heavy (non-hydrogen) atoms. The topological polar surface area (TPSA) is 58.6 Å². The molecule has 0 aliphatic carbocycles. The average molecular weight is 181 g/mol. The fourth-order valence-corrected chi connectivity index (χ4v) is 1.02. The standard InChI is InChI=1S/C9H11NO3/c1-13-9(11)8-4-2-3-7(5-8)6-10-12/h2-5,10,12H,6H2,1H3. The highest BCUT2D eigenvalue weighted by Crippen LogP contribution is 2.05. The highest BCUT2D eigenvalue weighted by molar-refractivity contribution is 5.89. The van der Waals surface area contributed by atoms with E-state index in [1.165, 1.54) is 7.11 Å². The molecule has 0 saturated carbocycles. The second-order valence-corrected chi connectivity index (χ2v) is 2.53. The van der Waals surface area contributed by atoms with Gasteiger partial charge in [0.15, 0.2) is 0 Å². The molecule has 0 spiro atoms. The normalized spacial score (nSPS) is 9.69. The first-order valence-electron chi connectivity index (χ1n) is 3.82. The average Bonchev–Trinajstić information content (AvgIpc) is 2.18. The number of esters is 1. The lowest BCUT2D eigenvalue weighted by atomic mass is 10.1. The van der Waals surface area contributed by atoms with Crippen LogP contribution in [0.1, 0.15) is 15.9 Å². The van der Waals surface area contributed by atoms with E-state index in [1.54, 1.807) is 24.3 Å². The minimum absolute atomic E-state index is 0.310. The molecule has 0 unspecified atom stereocenters. The molecule has 0 fully saturated rings. The van der Waals surface area contributed by atoms with Crippen molar-refractivity contribution in [3.05, 3.63) is 35.4 Å². The number of hydrogen-bond donors (Lipinski definition) is 2. The van der Waals surface area contributed by atoms with Crippen molar-refractivity contribution < 1.29 is 14.7 Å². The Hall–Kier alpha value is -1.39.